The quantitative estimate of drug-likeness (QED) is 0.484. The Hall–Kier alpha value is -1.78. The predicted molar refractivity (Wildman–Crippen MR) is 150 cm³/mol. The summed E-state index contributed by atoms with van der Waals surface area (Å²) in [4.78, 5) is 5.56. The van der Waals surface area contributed by atoms with Crippen LogP contribution >= 0.6 is 0 Å². The molecule has 0 aromatic heterocycles. The predicted octanol–water partition coefficient (Wildman–Crippen LogP) is 5.95. The Balaban J connectivity index is 1.28. The van der Waals surface area contributed by atoms with Crippen LogP contribution in [0.15, 0.2) is 24.3 Å². The fraction of sp³-hybridized carbons (Fsp3) is 0.688. The first-order valence-electron chi connectivity index (χ1n) is 15.0. The van der Waals surface area contributed by atoms with E-state index in [1.165, 1.54) is 98.0 Å². The summed E-state index contributed by atoms with van der Waals surface area (Å²) in [6, 6.07) is 12.5. The lowest BCUT2D eigenvalue weighted by atomic mass is 9.61. The summed E-state index contributed by atoms with van der Waals surface area (Å²) in [5.74, 6) is 1.43. The van der Waals surface area contributed by atoms with Gasteiger partial charge in [0.25, 0.3) is 0 Å². The summed E-state index contributed by atoms with van der Waals surface area (Å²) < 4.78 is 0. The maximum absolute atomic E-state index is 4.21. The lowest BCUT2D eigenvalue weighted by molar-refractivity contribution is 0.0911. The van der Waals surface area contributed by atoms with Gasteiger partial charge >= 0.3 is 0 Å². The lowest BCUT2D eigenvalue weighted by Gasteiger charge is -2.54. The van der Waals surface area contributed by atoms with Crippen LogP contribution in [0.3, 0.4) is 0 Å². The van der Waals surface area contributed by atoms with Crippen LogP contribution in [-0.4, -0.2) is 60.1 Å². The molecule has 36 heavy (non-hydrogen) atoms. The fourth-order valence-corrected chi connectivity index (χ4v) is 10.1. The van der Waals surface area contributed by atoms with E-state index in [1.54, 1.807) is 0 Å². The molecule has 0 spiro atoms. The average molecular weight is 485 g/mol. The van der Waals surface area contributed by atoms with Gasteiger partial charge in [-0.1, -0.05) is 52.0 Å². The maximum atomic E-state index is 4.21. The Morgan fingerprint density at radius 3 is 1.50 bits per heavy atom. The van der Waals surface area contributed by atoms with E-state index in [0.717, 1.165) is 0 Å². The summed E-state index contributed by atoms with van der Waals surface area (Å²) in [6.07, 6.45) is 8.09. The number of fused-ring (bicyclic) bond motifs is 11. The molecule has 0 amide bonds. The molecular weight excluding hydrogens is 440 g/mol. The molecule has 6 atom stereocenters. The highest BCUT2D eigenvalue weighted by atomic mass is 15.2. The van der Waals surface area contributed by atoms with Gasteiger partial charge in [-0.2, -0.15) is 0 Å². The molecular formula is C32H44N4. The molecule has 8 rings (SSSR count). The van der Waals surface area contributed by atoms with Gasteiger partial charge in [-0.3, -0.25) is 9.80 Å². The topological polar surface area (TPSA) is 30.5 Å². The zero-order valence-electron chi connectivity index (χ0n) is 22.7. The van der Waals surface area contributed by atoms with Gasteiger partial charge in [-0.15, -0.1) is 0 Å². The summed E-state index contributed by atoms with van der Waals surface area (Å²) >= 11 is 0. The first kappa shape index (κ1) is 22.2. The molecule has 0 bridgehead atoms. The van der Waals surface area contributed by atoms with E-state index in [2.05, 4.69) is 72.4 Å². The smallest absolute Gasteiger partial charge is 0.0461 e. The van der Waals surface area contributed by atoms with Crippen molar-refractivity contribution in [2.75, 3.05) is 36.8 Å². The number of hydrogen-bond acceptors (Lipinski definition) is 4. The van der Waals surface area contributed by atoms with Crippen molar-refractivity contribution < 1.29 is 0 Å². The maximum Gasteiger partial charge on any atom is 0.0461 e. The molecule has 2 aromatic carbocycles. The minimum Gasteiger partial charge on any atom is -0.380 e. The van der Waals surface area contributed by atoms with E-state index in [9.17, 15) is 0 Å². The van der Waals surface area contributed by atoms with Crippen molar-refractivity contribution in [2.45, 2.75) is 101 Å². The normalized spacial score (nSPS) is 38.1. The van der Waals surface area contributed by atoms with Gasteiger partial charge in [0, 0.05) is 46.3 Å². The molecule has 4 heteroatoms. The van der Waals surface area contributed by atoms with Gasteiger partial charge in [-0.05, 0) is 98.5 Å². The van der Waals surface area contributed by atoms with Crippen LogP contribution in [0.1, 0.15) is 77.3 Å². The summed E-state index contributed by atoms with van der Waals surface area (Å²) in [7, 11) is 0. The van der Waals surface area contributed by atoms with E-state index >= 15 is 0 Å². The Bertz CT molecular complexity index is 1140. The standard InChI is InChI=1S/C32H44N4/c1-31(2)21-11-9-20-19(27(21)33-29-23(31)13-17-35-15-5-7-25(29)35)10-12-22-28(20)34-30-24(32(22,3)4)14-18-36-16-6-8-26(30)36/h9-12,23-26,29-30,33-34H,5-8,13-18H2,1-4H3/t23-,24-,25-,26-,29-,30-/m0/s1. The van der Waals surface area contributed by atoms with Crippen LogP contribution in [0.25, 0.3) is 10.8 Å². The summed E-state index contributed by atoms with van der Waals surface area (Å²) in [5.41, 5.74) is 6.35. The monoisotopic (exact) mass is 484 g/mol. The van der Waals surface area contributed by atoms with Crippen molar-refractivity contribution >= 4 is 22.1 Å². The molecule has 4 fully saturated rings. The largest absolute Gasteiger partial charge is 0.380 e. The third kappa shape index (κ3) is 2.78. The first-order valence-corrected chi connectivity index (χ1v) is 15.0. The van der Waals surface area contributed by atoms with Crippen LogP contribution < -0.4 is 10.6 Å². The summed E-state index contributed by atoms with van der Waals surface area (Å²) in [5, 5.41) is 11.3. The molecule has 192 valence electrons. The molecule has 0 saturated carbocycles. The number of piperidine rings is 2. The Kier molecular flexibility index (Phi) is 4.57. The van der Waals surface area contributed by atoms with Crippen LogP contribution in [0.5, 0.6) is 0 Å². The molecule has 2 N–H and O–H groups in total. The number of nitrogens with one attached hydrogen (secondary N) is 2. The van der Waals surface area contributed by atoms with Gasteiger partial charge in [0.1, 0.15) is 0 Å². The van der Waals surface area contributed by atoms with Crippen LogP contribution in [0.2, 0.25) is 0 Å². The molecule has 0 aliphatic carbocycles. The van der Waals surface area contributed by atoms with Gasteiger partial charge in [-0.25, -0.2) is 0 Å². The second-order valence-electron chi connectivity index (χ2n) is 14.1. The molecule has 2 aromatic rings. The second kappa shape index (κ2) is 7.41. The second-order valence-corrected chi connectivity index (χ2v) is 14.1. The minimum absolute atomic E-state index is 0.204. The molecule has 6 aliphatic rings. The third-order valence-corrected chi connectivity index (χ3v) is 12.0. The molecule has 6 heterocycles. The van der Waals surface area contributed by atoms with Crippen molar-refractivity contribution in [1.29, 1.82) is 0 Å². The van der Waals surface area contributed by atoms with Crippen molar-refractivity contribution in [2.24, 2.45) is 11.8 Å². The average Bonchev–Trinajstić information content (AvgIpc) is 3.53. The molecule has 4 nitrogen and oxygen atoms in total. The number of benzene rings is 2. The first-order chi connectivity index (χ1) is 17.4. The van der Waals surface area contributed by atoms with E-state index < -0.39 is 0 Å². The highest BCUT2D eigenvalue weighted by Gasteiger charge is 2.52. The van der Waals surface area contributed by atoms with E-state index in [1.807, 2.05) is 0 Å². The lowest BCUT2D eigenvalue weighted by Crippen LogP contribution is -2.59. The molecule has 0 radical (unpaired) electrons. The number of nitrogens with zero attached hydrogens (tertiary/aromatic N) is 2. The number of rotatable bonds is 0. The highest BCUT2D eigenvalue weighted by Crippen LogP contribution is 2.55. The highest BCUT2D eigenvalue weighted by molar-refractivity contribution is 6.05. The SMILES string of the molecule is CC1(C)c2ccc3c4c(ccc3c2N[C@@H]2[C@@H]3CCCN3CC[C@@H]21)C(C)(C)[C@H]1CCN2CCC[C@H]2[C@H]1N4. The van der Waals surface area contributed by atoms with Gasteiger partial charge in [0.2, 0.25) is 0 Å². The van der Waals surface area contributed by atoms with E-state index in [-0.39, 0.29) is 10.8 Å². The molecule has 6 aliphatic heterocycles. The van der Waals surface area contributed by atoms with Crippen molar-refractivity contribution in [1.82, 2.24) is 9.80 Å². The summed E-state index contributed by atoms with van der Waals surface area (Å²) in [6.45, 7) is 15.3. The Morgan fingerprint density at radius 1 is 0.611 bits per heavy atom. The van der Waals surface area contributed by atoms with Crippen LogP contribution in [-0.2, 0) is 10.8 Å². The van der Waals surface area contributed by atoms with Crippen molar-refractivity contribution in [3.05, 3.63) is 35.4 Å². The number of hydrogen-bond donors (Lipinski definition) is 2. The van der Waals surface area contributed by atoms with Gasteiger partial charge in [0.15, 0.2) is 0 Å². The Morgan fingerprint density at radius 2 is 1.06 bits per heavy atom. The molecule has 0 unspecified atom stereocenters. The fourth-order valence-electron chi connectivity index (χ4n) is 10.1. The van der Waals surface area contributed by atoms with Crippen LogP contribution in [0, 0.1) is 11.8 Å². The number of anilines is 2. The van der Waals surface area contributed by atoms with Crippen molar-refractivity contribution in [3.63, 3.8) is 0 Å². The zero-order chi connectivity index (χ0) is 24.4. The van der Waals surface area contributed by atoms with Gasteiger partial charge < -0.3 is 10.6 Å². The zero-order valence-corrected chi connectivity index (χ0v) is 22.7. The molecule has 4 saturated heterocycles. The Labute approximate surface area is 217 Å². The van der Waals surface area contributed by atoms with Gasteiger partial charge in [0.05, 0.1) is 0 Å². The van der Waals surface area contributed by atoms with E-state index in [0.29, 0.717) is 36.0 Å². The van der Waals surface area contributed by atoms with Crippen molar-refractivity contribution in [3.8, 4) is 0 Å². The third-order valence-electron chi connectivity index (χ3n) is 12.0. The minimum atomic E-state index is 0.204. The van der Waals surface area contributed by atoms with E-state index in [4.69, 9.17) is 0 Å². The van der Waals surface area contributed by atoms with Crippen LogP contribution in [0.4, 0.5) is 11.4 Å².